The van der Waals surface area contributed by atoms with E-state index in [4.69, 9.17) is 22.1 Å². The summed E-state index contributed by atoms with van der Waals surface area (Å²) in [5.41, 5.74) is 6.45. The number of amides is 1. The zero-order valence-electron chi connectivity index (χ0n) is 10.8. The largest absolute Gasteiger partial charge is 0.450 e. The van der Waals surface area contributed by atoms with Gasteiger partial charge in [0.15, 0.2) is 5.82 Å². The smallest absolute Gasteiger partial charge is 0.409 e. The number of ether oxygens (including phenoxy) is 1. The van der Waals surface area contributed by atoms with Crippen molar-refractivity contribution >= 4 is 29.2 Å². The van der Waals surface area contributed by atoms with Crippen molar-refractivity contribution in [2.45, 2.75) is 6.92 Å². The molecule has 0 unspecified atom stereocenters. The number of nitrogens with zero attached hydrogens (tertiary/aromatic N) is 3. The number of pyridine rings is 1. The Balaban J connectivity index is 1.98. The summed E-state index contributed by atoms with van der Waals surface area (Å²) >= 11 is 5.82. The second-order valence-corrected chi connectivity index (χ2v) is 4.68. The van der Waals surface area contributed by atoms with E-state index < -0.39 is 0 Å². The third-order valence-corrected chi connectivity index (χ3v) is 3.17. The molecule has 1 amide bonds. The predicted octanol–water partition coefficient (Wildman–Crippen LogP) is 1.60. The number of nitrogens with two attached hydrogens (primary N) is 1. The number of piperazine rings is 1. The number of hydrogen-bond donors (Lipinski definition) is 1. The van der Waals surface area contributed by atoms with Crippen molar-refractivity contribution in [2.24, 2.45) is 0 Å². The lowest BCUT2D eigenvalue weighted by atomic mass is 10.3. The van der Waals surface area contributed by atoms with Crippen LogP contribution in [0.1, 0.15) is 6.92 Å². The molecule has 6 nitrogen and oxygen atoms in total. The fraction of sp³-hybridized carbons (Fsp3) is 0.500. The Bertz CT molecular complexity index is 461. The number of carbonyl (C=O) groups excluding carboxylic acids is 1. The third-order valence-electron chi connectivity index (χ3n) is 2.97. The van der Waals surface area contributed by atoms with Crippen LogP contribution in [-0.2, 0) is 4.74 Å². The molecule has 1 fully saturated rings. The molecule has 0 aromatic carbocycles. The SMILES string of the molecule is CCOC(=O)N1CCN(c2ncc(Cl)cc2N)CC1. The molecule has 7 heteroatoms. The number of halogens is 1. The molecule has 0 spiro atoms. The molecule has 1 saturated heterocycles. The lowest BCUT2D eigenvalue weighted by Gasteiger charge is -2.35. The average Bonchev–Trinajstić information content (AvgIpc) is 2.39. The third kappa shape index (κ3) is 3.20. The Morgan fingerprint density at radius 3 is 2.74 bits per heavy atom. The molecule has 2 rings (SSSR count). The van der Waals surface area contributed by atoms with Crippen LogP contribution in [0.3, 0.4) is 0 Å². The molecule has 1 aromatic heterocycles. The predicted molar refractivity (Wildman–Crippen MR) is 74.5 cm³/mol. The second kappa shape index (κ2) is 5.97. The number of carbonyl (C=O) groups is 1. The first-order chi connectivity index (χ1) is 9.11. The first-order valence-electron chi connectivity index (χ1n) is 6.19. The number of anilines is 2. The van der Waals surface area contributed by atoms with Gasteiger partial charge >= 0.3 is 6.09 Å². The Hall–Kier alpha value is -1.69. The monoisotopic (exact) mass is 284 g/mol. The van der Waals surface area contributed by atoms with E-state index in [1.54, 1.807) is 24.1 Å². The van der Waals surface area contributed by atoms with Gasteiger partial charge in [-0.15, -0.1) is 0 Å². The molecule has 19 heavy (non-hydrogen) atoms. The summed E-state index contributed by atoms with van der Waals surface area (Å²) in [5.74, 6) is 0.716. The summed E-state index contributed by atoms with van der Waals surface area (Å²) in [5, 5.41) is 0.520. The summed E-state index contributed by atoms with van der Waals surface area (Å²) in [6.45, 7) is 4.75. The zero-order valence-corrected chi connectivity index (χ0v) is 11.6. The van der Waals surface area contributed by atoms with Gasteiger partial charge in [-0.3, -0.25) is 0 Å². The fourth-order valence-electron chi connectivity index (χ4n) is 2.03. The molecule has 0 radical (unpaired) electrons. The van der Waals surface area contributed by atoms with Crippen LogP contribution in [0.5, 0.6) is 0 Å². The highest BCUT2D eigenvalue weighted by Crippen LogP contribution is 2.24. The first-order valence-corrected chi connectivity index (χ1v) is 6.57. The van der Waals surface area contributed by atoms with Crippen LogP contribution in [0.4, 0.5) is 16.3 Å². The summed E-state index contributed by atoms with van der Waals surface area (Å²) in [6, 6.07) is 1.68. The molecule has 2 N–H and O–H groups in total. The average molecular weight is 285 g/mol. The van der Waals surface area contributed by atoms with Gasteiger partial charge in [-0.05, 0) is 13.0 Å². The van der Waals surface area contributed by atoms with E-state index in [1.807, 2.05) is 4.90 Å². The van der Waals surface area contributed by atoms with Crippen molar-refractivity contribution in [2.75, 3.05) is 43.4 Å². The van der Waals surface area contributed by atoms with E-state index in [9.17, 15) is 4.79 Å². The van der Waals surface area contributed by atoms with Gasteiger partial charge in [0.05, 0.1) is 17.3 Å². The summed E-state index contributed by atoms with van der Waals surface area (Å²) in [6.07, 6.45) is 1.31. The van der Waals surface area contributed by atoms with Crippen molar-refractivity contribution in [3.63, 3.8) is 0 Å². The minimum Gasteiger partial charge on any atom is -0.450 e. The van der Waals surface area contributed by atoms with Gasteiger partial charge in [-0.1, -0.05) is 11.6 Å². The minimum absolute atomic E-state index is 0.265. The molecule has 104 valence electrons. The molecular weight excluding hydrogens is 268 g/mol. The standard InChI is InChI=1S/C12H17ClN4O2/c1-2-19-12(18)17-5-3-16(4-6-17)11-10(14)7-9(13)8-15-11/h7-8H,2-6,14H2,1H3. The minimum atomic E-state index is -0.265. The molecule has 1 aliphatic heterocycles. The summed E-state index contributed by atoms with van der Waals surface area (Å²) in [4.78, 5) is 19.6. The Labute approximate surface area is 117 Å². The summed E-state index contributed by atoms with van der Waals surface area (Å²) < 4.78 is 4.97. The Morgan fingerprint density at radius 1 is 1.47 bits per heavy atom. The number of hydrogen-bond acceptors (Lipinski definition) is 5. The highest BCUT2D eigenvalue weighted by atomic mass is 35.5. The molecule has 1 aliphatic rings. The van der Waals surface area contributed by atoms with Gasteiger partial charge in [0, 0.05) is 32.4 Å². The van der Waals surface area contributed by atoms with E-state index in [2.05, 4.69) is 4.98 Å². The van der Waals surface area contributed by atoms with Crippen molar-refractivity contribution in [1.29, 1.82) is 0 Å². The Kier molecular flexibility index (Phi) is 4.31. The van der Waals surface area contributed by atoms with E-state index in [0.29, 0.717) is 49.3 Å². The highest BCUT2D eigenvalue weighted by molar-refractivity contribution is 6.30. The number of aromatic nitrogens is 1. The van der Waals surface area contributed by atoms with Crippen LogP contribution in [-0.4, -0.2) is 48.8 Å². The molecule has 0 aliphatic carbocycles. The molecular formula is C12H17ClN4O2. The van der Waals surface area contributed by atoms with Gasteiger partial charge < -0.3 is 20.3 Å². The number of rotatable bonds is 2. The van der Waals surface area contributed by atoms with E-state index in [1.165, 1.54) is 0 Å². The van der Waals surface area contributed by atoms with Crippen LogP contribution in [0, 0.1) is 0 Å². The molecule has 0 bridgehead atoms. The zero-order chi connectivity index (χ0) is 13.8. The van der Waals surface area contributed by atoms with E-state index in [-0.39, 0.29) is 6.09 Å². The maximum absolute atomic E-state index is 11.6. The second-order valence-electron chi connectivity index (χ2n) is 4.24. The summed E-state index contributed by atoms with van der Waals surface area (Å²) in [7, 11) is 0. The maximum atomic E-state index is 11.6. The van der Waals surface area contributed by atoms with Gasteiger partial charge in [-0.25, -0.2) is 9.78 Å². The molecule has 0 atom stereocenters. The van der Waals surface area contributed by atoms with Crippen molar-refractivity contribution in [3.8, 4) is 0 Å². The lowest BCUT2D eigenvalue weighted by molar-refractivity contribution is 0.105. The normalized spacial score (nSPS) is 15.5. The van der Waals surface area contributed by atoms with Gasteiger partial charge in [0.2, 0.25) is 0 Å². The Morgan fingerprint density at radius 2 is 2.16 bits per heavy atom. The fourth-order valence-corrected chi connectivity index (χ4v) is 2.19. The van der Waals surface area contributed by atoms with Crippen LogP contribution in [0.2, 0.25) is 5.02 Å². The number of nitrogen functional groups attached to an aromatic ring is 1. The van der Waals surface area contributed by atoms with E-state index >= 15 is 0 Å². The van der Waals surface area contributed by atoms with Crippen LogP contribution < -0.4 is 10.6 Å². The van der Waals surface area contributed by atoms with Gasteiger partial charge in [0.25, 0.3) is 0 Å². The molecule has 2 heterocycles. The van der Waals surface area contributed by atoms with Crippen LogP contribution in [0.25, 0.3) is 0 Å². The van der Waals surface area contributed by atoms with E-state index in [0.717, 1.165) is 0 Å². The van der Waals surface area contributed by atoms with Crippen LogP contribution >= 0.6 is 11.6 Å². The van der Waals surface area contributed by atoms with Crippen molar-refractivity contribution < 1.29 is 9.53 Å². The topological polar surface area (TPSA) is 71.7 Å². The van der Waals surface area contributed by atoms with Crippen molar-refractivity contribution in [3.05, 3.63) is 17.3 Å². The lowest BCUT2D eigenvalue weighted by Crippen LogP contribution is -2.49. The van der Waals surface area contributed by atoms with Crippen LogP contribution in [0.15, 0.2) is 12.3 Å². The van der Waals surface area contributed by atoms with Crippen molar-refractivity contribution in [1.82, 2.24) is 9.88 Å². The molecule has 0 saturated carbocycles. The quantitative estimate of drug-likeness (QED) is 0.893. The van der Waals surface area contributed by atoms with Gasteiger partial charge in [-0.2, -0.15) is 0 Å². The maximum Gasteiger partial charge on any atom is 0.409 e. The molecule has 1 aromatic rings. The first kappa shape index (κ1) is 13.7. The van der Waals surface area contributed by atoms with Gasteiger partial charge in [0.1, 0.15) is 0 Å². The highest BCUT2D eigenvalue weighted by Gasteiger charge is 2.23.